The third-order valence-corrected chi connectivity index (χ3v) is 5.06. The highest BCUT2D eigenvalue weighted by Gasteiger charge is 2.23. The number of nitrogens with one attached hydrogen (secondary N) is 2. The van der Waals surface area contributed by atoms with Crippen molar-refractivity contribution in [3.8, 4) is 0 Å². The Bertz CT molecular complexity index is 1000. The SMILES string of the molecule is O=[N+]([O-])c1c(NCCN2CCCCC2)ncnc1Nc1cccc2cccnc12. The Balaban J connectivity index is 1.55. The number of para-hydroxylation sites is 1. The van der Waals surface area contributed by atoms with E-state index in [9.17, 15) is 10.1 Å². The number of nitrogens with zero attached hydrogens (tertiary/aromatic N) is 5. The summed E-state index contributed by atoms with van der Waals surface area (Å²) in [5, 5.41) is 18.9. The number of likely N-dealkylation sites (tertiary alicyclic amines) is 1. The summed E-state index contributed by atoms with van der Waals surface area (Å²) in [5.41, 5.74) is 1.21. The fourth-order valence-corrected chi connectivity index (χ4v) is 3.62. The van der Waals surface area contributed by atoms with Crippen LogP contribution in [0.1, 0.15) is 19.3 Å². The molecule has 4 rings (SSSR count). The van der Waals surface area contributed by atoms with Crippen molar-refractivity contribution in [1.29, 1.82) is 0 Å². The summed E-state index contributed by atoms with van der Waals surface area (Å²) in [6, 6.07) is 9.43. The fraction of sp³-hybridized carbons (Fsp3) is 0.350. The summed E-state index contributed by atoms with van der Waals surface area (Å²) in [6.45, 7) is 3.58. The molecule has 1 saturated heterocycles. The highest BCUT2D eigenvalue weighted by molar-refractivity contribution is 5.92. The van der Waals surface area contributed by atoms with Crippen molar-refractivity contribution in [2.45, 2.75) is 19.3 Å². The van der Waals surface area contributed by atoms with Gasteiger partial charge < -0.3 is 15.5 Å². The van der Waals surface area contributed by atoms with Gasteiger partial charge in [0.15, 0.2) is 0 Å². The van der Waals surface area contributed by atoms with Crippen LogP contribution in [0.3, 0.4) is 0 Å². The molecule has 0 atom stereocenters. The molecule has 3 heterocycles. The monoisotopic (exact) mass is 393 g/mol. The number of piperidine rings is 1. The van der Waals surface area contributed by atoms with Crippen molar-refractivity contribution >= 4 is 33.9 Å². The van der Waals surface area contributed by atoms with Crippen molar-refractivity contribution in [1.82, 2.24) is 19.9 Å². The molecule has 1 aliphatic heterocycles. The van der Waals surface area contributed by atoms with Crippen LogP contribution in [0.15, 0.2) is 42.9 Å². The van der Waals surface area contributed by atoms with Crippen LogP contribution in [0, 0.1) is 10.1 Å². The quantitative estimate of drug-likeness (QED) is 0.463. The zero-order valence-electron chi connectivity index (χ0n) is 16.0. The first kappa shape index (κ1) is 19.0. The molecule has 29 heavy (non-hydrogen) atoms. The van der Waals surface area contributed by atoms with E-state index in [0.717, 1.165) is 30.5 Å². The Kier molecular flexibility index (Phi) is 5.76. The summed E-state index contributed by atoms with van der Waals surface area (Å²) in [7, 11) is 0. The van der Waals surface area contributed by atoms with Crippen LogP contribution in [0.5, 0.6) is 0 Å². The maximum atomic E-state index is 11.8. The molecule has 2 aromatic heterocycles. The van der Waals surface area contributed by atoms with Crippen molar-refractivity contribution in [3.63, 3.8) is 0 Å². The molecule has 0 spiro atoms. The van der Waals surface area contributed by atoms with Crippen LogP contribution in [0.25, 0.3) is 10.9 Å². The van der Waals surface area contributed by atoms with Gasteiger partial charge in [-0.3, -0.25) is 15.1 Å². The molecule has 1 aromatic carbocycles. The van der Waals surface area contributed by atoms with Crippen LogP contribution in [-0.4, -0.2) is 51.0 Å². The average Bonchev–Trinajstić information content (AvgIpc) is 2.75. The topological polar surface area (TPSA) is 109 Å². The standard InChI is InChI=1S/C20H23N7O2/c28-27(29)18-19(22-10-13-26-11-2-1-3-12-26)23-14-24-20(18)25-16-8-4-6-15-7-5-9-21-17(15)16/h4-9,14H,1-3,10-13H2,(H2,22,23,24,25). The molecule has 0 radical (unpaired) electrons. The summed E-state index contributed by atoms with van der Waals surface area (Å²) < 4.78 is 0. The number of nitro groups is 1. The zero-order valence-corrected chi connectivity index (χ0v) is 16.0. The minimum atomic E-state index is -0.454. The lowest BCUT2D eigenvalue weighted by atomic mass is 10.1. The van der Waals surface area contributed by atoms with Gasteiger partial charge in [-0.2, -0.15) is 0 Å². The molecule has 1 aliphatic rings. The first-order chi connectivity index (χ1) is 14.2. The second kappa shape index (κ2) is 8.78. The normalized spacial score (nSPS) is 14.6. The molecule has 0 unspecified atom stereocenters. The molecule has 2 N–H and O–H groups in total. The van der Waals surface area contributed by atoms with Crippen molar-refractivity contribution in [2.75, 3.05) is 36.8 Å². The van der Waals surface area contributed by atoms with E-state index in [1.165, 1.54) is 25.6 Å². The van der Waals surface area contributed by atoms with Crippen LogP contribution in [0.4, 0.5) is 23.0 Å². The van der Waals surface area contributed by atoms with Gasteiger partial charge in [0.05, 0.1) is 16.1 Å². The molecule has 3 aromatic rings. The molecular formula is C20H23N7O2. The first-order valence-corrected chi connectivity index (χ1v) is 9.79. The lowest BCUT2D eigenvalue weighted by Gasteiger charge is -2.26. The number of benzene rings is 1. The maximum Gasteiger partial charge on any atom is 0.353 e. The summed E-state index contributed by atoms with van der Waals surface area (Å²) >= 11 is 0. The van der Waals surface area contributed by atoms with Crippen LogP contribution < -0.4 is 10.6 Å². The third-order valence-electron chi connectivity index (χ3n) is 5.06. The largest absolute Gasteiger partial charge is 0.363 e. The molecule has 1 fully saturated rings. The van der Waals surface area contributed by atoms with Crippen molar-refractivity contribution in [2.24, 2.45) is 0 Å². The Morgan fingerprint density at radius 3 is 2.66 bits per heavy atom. The molecule has 0 bridgehead atoms. The van der Waals surface area contributed by atoms with E-state index in [1.807, 2.05) is 30.3 Å². The second-order valence-electron chi connectivity index (χ2n) is 7.01. The van der Waals surface area contributed by atoms with Crippen LogP contribution in [-0.2, 0) is 0 Å². The van der Waals surface area contributed by atoms with Gasteiger partial charge in [0.1, 0.15) is 6.33 Å². The molecule has 0 aliphatic carbocycles. The Morgan fingerprint density at radius 2 is 1.83 bits per heavy atom. The molecule has 150 valence electrons. The van der Waals surface area contributed by atoms with Crippen molar-refractivity contribution < 1.29 is 4.92 Å². The van der Waals surface area contributed by atoms with Gasteiger partial charge in [-0.05, 0) is 38.1 Å². The van der Waals surface area contributed by atoms with Gasteiger partial charge >= 0.3 is 5.69 Å². The van der Waals surface area contributed by atoms with Gasteiger partial charge in [-0.15, -0.1) is 0 Å². The number of pyridine rings is 1. The van der Waals surface area contributed by atoms with Crippen LogP contribution in [0.2, 0.25) is 0 Å². The van der Waals surface area contributed by atoms with E-state index < -0.39 is 4.92 Å². The highest BCUT2D eigenvalue weighted by atomic mass is 16.6. The van der Waals surface area contributed by atoms with E-state index in [2.05, 4.69) is 30.5 Å². The van der Waals surface area contributed by atoms with Crippen LogP contribution >= 0.6 is 0 Å². The fourth-order valence-electron chi connectivity index (χ4n) is 3.62. The van der Waals surface area contributed by atoms with Gasteiger partial charge in [0, 0.05) is 24.7 Å². The maximum absolute atomic E-state index is 11.8. The minimum Gasteiger partial charge on any atom is -0.363 e. The number of aromatic nitrogens is 3. The second-order valence-corrected chi connectivity index (χ2v) is 7.01. The molecule has 0 amide bonds. The van der Waals surface area contributed by atoms with Gasteiger partial charge in [-0.25, -0.2) is 9.97 Å². The van der Waals surface area contributed by atoms with Gasteiger partial charge in [-0.1, -0.05) is 24.6 Å². The number of fused-ring (bicyclic) bond motifs is 1. The minimum absolute atomic E-state index is 0.142. The van der Waals surface area contributed by atoms with E-state index in [4.69, 9.17) is 0 Å². The summed E-state index contributed by atoms with van der Waals surface area (Å²) in [5.74, 6) is 0.362. The number of anilines is 3. The van der Waals surface area contributed by atoms with Gasteiger partial charge in [0.25, 0.3) is 0 Å². The predicted molar refractivity (Wildman–Crippen MR) is 112 cm³/mol. The predicted octanol–water partition coefficient (Wildman–Crippen LogP) is 3.57. The summed E-state index contributed by atoms with van der Waals surface area (Å²) in [4.78, 5) is 26.3. The highest BCUT2D eigenvalue weighted by Crippen LogP contribution is 2.32. The molecule has 9 nitrogen and oxygen atoms in total. The van der Waals surface area contributed by atoms with E-state index in [1.54, 1.807) is 6.20 Å². The Labute approximate surface area is 168 Å². The smallest absolute Gasteiger partial charge is 0.353 e. The van der Waals surface area contributed by atoms with E-state index in [-0.39, 0.29) is 17.3 Å². The molecular weight excluding hydrogens is 370 g/mol. The zero-order chi connectivity index (χ0) is 20.1. The molecule has 9 heteroatoms. The third kappa shape index (κ3) is 4.40. The first-order valence-electron chi connectivity index (χ1n) is 9.79. The van der Waals surface area contributed by atoms with Gasteiger partial charge in [0.2, 0.25) is 11.6 Å². The number of rotatable bonds is 7. The number of hydrogen-bond acceptors (Lipinski definition) is 8. The van der Waals surface area contributed by atoms with E-state index >= 15 is 0 Å². The lowest BCUT2D eigenvalue weighted by molar-refractivity contribution is -0.383. The summed E-state index contributed by atoms with van der Waals surface area (Å²) in [6.07, 6.45) is 6.72. The average molecular weight is 393 g/mol. The molecule has 0 saturated carbocycles. The Morgan fingerprint density at radius 1 is 1.03 bits per heavy atom. The van der Waals surface area contributed by atoms with Crippen molar-refractivity contribution in [3.05, 3.63) is 53.0 Å². The van der Waals surface area contributed by atoms with E-state index in [0.29, 0.717) is 12.2 Å². The lowest BCUT2D eigenvalue weighted by Crippen LogP contribution is -2.33. The number of hydrogen-bond donors (Lipinski definition) is 2. The Hall–Kier alpha value is -3.33.